The summed E-state index contributed by atoms with van der Waals surface area (Å²) < 4.78 is 55.0. The van der Waals surface area contributed by atoms with Gasteiger partial charge in [0, 0.05) is 36.7 Å². The third kappa shape index (κ3) is 4.86. The van der Waals surface area contributed by atoms with Gasteiger partial charge in [-0.25, -0.2) is 13.6 Å². The summed E-state index contributed by atoms with van der Waals surface area (Å²) in [6, 6.07) is 2.06. The van der Waals surface area contributed by atoms with E-state index in [2.05, 4.69) is 26.1 Å². The fraction of sp³-hybridized carbons (Fsp3) is 0.545. The van der Waals surface area contributed by atoms with Gasteiger partial charge in [-0.1, -0.05) is 0 Å². The number of fused-ring (bicyclic) bond motifs is 7. The van der Waals surface area contributed by atoms with E-state index < -0.39 is 29.8 Å². The van der Waals surface area contributed by atoms with Crippen LogP contribution in [-0.2, 0) is 20.6 Å². The number of hydrogen-bond donors (Lipinski definition) is 1. The van der Waals surface area contributed by atoms with Crippen LogP contribution in [0.2, 0.25) is 0 Å². The molecule has 12 nitrogen and oxygen atoms in total. The molecule has 10 rings (SSSR count). The maximum atomic E-state index is 17.2. The Labute approximate surface area is 268 Å². The van der Waals surface area contributed by atoms with E-state index in [4.69, 9.17) is 28.9 Å². The summed E-state index contributed by atoms with van der Waals surface area (Å²) >= 11 is 0. The maximum absolute atomic E-state index is 17.2. The molecule has 1 aromatic carbocycles. The number of hydrogen-bond acceptors (Lipinski definition) is 11. The van der Waals surface area contributed by atoms with E-state index in [1.165, 1.54) is 0 Å². The molecule has 6 bridgehead atoms. The van der Waals surface area contributed by atoms with Gasteiger partial charge < -0.3 is 23.8 Å². The summed E-state index contributed by atoms with van der Waals surface area (Å²) in [6.45, 7) is 2.70. The van der Waals surface area contributed by atoms with Gasteiger partial charge in [-0.3, -0.25) is 15.0 Å². The molecule has 246 valence electrons. The van der Waals surface area contributed by atoms with E-state index in [1.54, 1.807) is 12.4 Å². The number of rotatable bonds is 3. The van der Waals surface area contributed by atoms with E-state index in [1.807, 2.05) is 4.90 Å². The van der Waals surface area contributed by atoms with Gasteiger partial charge in [-0.05, 0) is 61.8 Å². The number of carbonyl (C=O) groups is 1. The van der Waals surface area contributed by atoms with Crippen molar-refractivity contribution in [3.05, 3.63) is 35.4 Å². The average Bonchev–Trinajstić information content (AvgIpc) is 3.80. The topological polar surface area (TPSA) is 128 Å². The summed E-state index contributed by atoms with van der Waals surface area (Å²) in [5.41, 5.74) is 3.32. The number of aromatic amines is 1. The number of H-pyrrole nitrogens is 1. The van der Waals surface area contributed by atoms with Gasteiger partial charge in [-0.15, -0.1) is 0 Å². The second-order valence-electron chi connectivity index (χ2n) is 13.4. The lowest BCUT2D eigenvalue weighted by molar-refractivity contribution is -0.00504. The number of halogens is 2. The molecule has 0 radical (unpaired) electrons. The molecule has 0 unspecified atom stereocenters. The Morgan fingerprint density at radius 3 is 3.00 bits per heavy atom. The molecular formula is C33H35F2N7O5. The average molecular weight is 648 g/mol. The molecule has 6 aliphatic rings. The highest BCUT2D eigenvalue weighted by atomic mass is 19.1. The molecule has 0 saturated carbocycles. The zero-order valence-electron chi connectivity index (χ0n) is 25.8. The summed E-state index contributed by atoms with van der Waals surface area (Å²) in [6.07, 6.45) is 5.31. The summed E-state index contributed by atoms with van der Waals surface area (Å²) in [7, 11) is 0. The highest BCUT2D eigenvalue weighted by molar-refractivity contribution is 6.00. The summed E-state index contributed by atoms with van der Waals surface area (Å²) in [5, 5.41) is 8.46. The van der Waals surface area contributed by atoms with Crippen molar-refractivity contribution in [1.29, 1.82) is 0 Å². The number of anilines is 1. The van der Waals surface area contributed by atoms with Gasteiger partial charge in [0.2, 0.25) is 0 Å². The largest absolute Gasteiger partial charge is 0.508 e. The van der Waals surface area contributed by atoms with E-state index in [0.29, 0.717) is 49.3 Å². The molecule has 4 aromatic rings. The van der Waals surface area contributed by atoms with Gasteiger partial charge in [-0.2, -0.15) is 15.1 Å². The molecule has 47 heavy (non-hydrogen) atoms. The number of carbonyl (C=O) groups excluding carboxylic acids is 1. The Bertz CT molecular complexity index is 1890. The zero-order valence-corrected chi connectivity index (χ0v) is 25.8. The standard InChI is InChI=1S/C33H35F2N7O5/c34-20-11-33(5-1-6-42(33)14-20)17-46-31-38-28-23-12-36-29(27(28)35)26-22-13-37-40-24(22)10-19-3-2-18(25(19)26)4-8-45-32(43)47-21-15-41(30(23)39-31)7-9-44-16-21/h10,12-13,18,20-21H,1-9,11,14-17H2,(H,37,40)/t18-,20-,21+,33+/m1/s1. The first-order valence-electron chi connectivity index (χ1n) is 16.5. The first-order chi connectivity index (χ1) is 23.0. The summed E-state index contributed by atoms with van der Waals surface area (Å²) in [4.78, 5) is 31.1. The van der Waals surface area contributed by atoms with Gasteiger partial charge in [0.1, 0.15) is 35.9 Å². The fourth-order valence-corrected chi connectivity index (χ4v) is 8.50. The fourth-order valence-electron chi connectivity index (χ4n) is 8.50. The number of pyridine rings is 1. The second-order valence-corrected chi connectivity index (χ2v) is 13.4. The minimum Gasteiger partial charge on any atom is -0.461 e. The molecular weight excluding hydrogens is 612 g/mol. The number of aryl methyl sites for hydroxylation is 1. The van der Waals surface area contributed by atoms with Crippen LogP contribution >= 0.6 is 0 Å². The Morgan fingerprint density at radius 2 is 2.06 bits per heavy atom. The van der Waals surface area contributed by atoms with Crippen molar-refractivity contribution >= 4 is 33.8 Å². The van der Waals surface area contributed by atoms with Crippen LogP contribution in [-0.4, -0.2) is 107 Å². The third-order valence-electron chi connectivity index (χ3n) is 10.6. The number of nitrogens with one attached hydrogen (secondary N) is 1. The second kappa shape index (κ2) is 11.2. The van der Waals surface area contributed by atoms with Crippen molar-refractivity contribution in [3.63, 3.8) is 0 Å². The number of aromatic nitrogens is 5. The Morgan fingerprint density at radius 1 is 1.13 bits per heavy atom. The molecule has 1 aliphatic carbocycles. The minimum absolute atomic E-state index is 0.000122. The predicted molar refractivity (Wildman–Crippen MR) is 166 cm³/mol. The van der Waals surface area contributed by atoms with Crippen molar-refractivity contribution in [3.8, 4) is 17.3 Å². The lowest BCUT2D eigenvalue weighted by atomic mass is 9.89. The number of nitrogens with zero attached hydrogens (tertiary/aromatic N) is 6. The van der Waals surface area contributed by atoms with Crippen LogP contribution in [0.5, 0.6) is 6.01 Å². The number of alkyl halides is 1. The molecule has 3 saturated heterocycles. The minimum atomic E-state index is -0.915. The van der Waals surface area contributed by atoms with E-state index in [-0.39, 0.29) is 49.5 Å². The normalized spacial score (nSPS) is 27.7. The van der Waals surface area contributed by atoms with Gasteiger partial charge >= 0.3 is 12.2 Å². The SMILES string of the molecule is O=C1OCC[C@H]2CCc3cc4[nH]ncc4c(c32)-c2ncc3c(nc(OC[C@@]45CCCN4C[C@H](F)C5)nc3c2F)N2CCOC[C@H](C2)O1. The summed E-state index contributed by atoms with van der Waals surface area (Å²) in [5.74, 6) is -0.184. The van der Waals surface area contributed by atoms with E-state index in [0.717, 1.165) is 54.3 Å². The molecule has 14 heteroatoms. The lowest BCUT2D eigenvalue weighted by Crippen LogP contribution is -2.43. The molecule has 0 spiro atoms. The first kappa shape index (κ1) is 29.0. The van der Waals surface area contributed by atoms with Crippen LogP contribution < -0.4 is 9.64 Å². The monoisotopic (exact) mass is 647 g/mol. The third-order valence-corrected chi connectivity index (χ3v) is 10.6. The first-order valence-corrected chi connectivity index (χ1v) is 16.5. The van der Waals surface area contributed by atoms with E-state index >= 15 is 4.39 Å². The number of ether oxygens (including phenoxy) is 4. The van der Waals surface area contributed by atoms with Crippen LogP contribution in [0, 0.1) is 5.82 Å². The van der Waals surface area contributed by atoms with Crippen LogP contribution in [0.3, 0.4) is 0 Å². The van der Waals surface area contributed by atoms with Crippen LogP contribution in [0.15, 0.2) is 18.5 Å². The maximum Gasteiger partial charge on any atom is 0.508 e. The molecule has 0 amide bonds. The van der Waals surface area contributed by atoms with Crippen molar-refractivity contribution in [2.45, 2.75) is 62.3 Å². The van der Waals surface area contributed by atoms with Crippen LogP contribution in [0.25, 0.3) is 33.1 Å². The van der Waals surface area contributed by atoms with E-state index in [9.17, 15) is 9.18 Å². The molecule has 1 N–H and O–H groups in total. The van der Waals surface area contributed by atoms with Gasteiger partial charge in [0.15, 0.2) is 5.82 Å². The van der Waals surface area contributed by atoms with Gasteiger partial charge in [0.25, 0.3) is 0 Å². The van der Waals surface area contributed by atoms with Crippen LogP contribution in [0.4, 0.5) is 19.4 Å². The smallest absolute Gasteiger partial charge is 0.461 e. The zero-order chi connectivity index (χ0) is 31.7. The Hall–Kier alpha value is -4.17. The van der Waals surface area contributed by atoms with Crippen molar-refractivity contribution in [2.24, 2.45) is 0 Å². The Balaban J connectivity index is 1.22. The molecule has 3 fully saturated rings. The van der Waals surface area contributed by atoms with Crippen molar-refractivity contribution in [1.82, 2.24) is 30.0 Å². The molecule has 4 atom stereocenters. The quantitative estimate of drug-likeness (QED) is 0.317. The Kier molecular flexibility index (Phi) is 6.93. The molecule has 3 aromatic heterocycles. The van der Waals surface area contributed by atoms with Crippen LogP contribution in [0.1, 0.15) is 49.1 Å². The van der Waals surface area contributed by atoms with Gasteiger partial charge in [0.05, 0.1) is 49.0 Å². The molecule has 5 aliphatic heterocycles. The van der Waals surface area contributed by atoms with Crippen molar-refractivity contribution in [2.75, 3.05) is 57.5 Å². The number of benzene rings is 1. The van der Waals surface area contributed by atoms with Crippen molar-refractivity contribution < 1.29 is 32.5 Å². The highest BCUT2D eigenvalue weighted by Crippen LogP contribution is 2.47. The molecule has 8 heterocycles. The lowest BCUT2D eigenvalue weighted by Gasteiger charge is -2.31. The highest BCUT2D eigenvalue weighted by Gasteiger charge is 2.49. The predicted octanol–water partition coefficient (Wildman–Crippen LogP) is 4.45.